The number of hydrogen-bond acceptors (Lipinski definition) is 8. The van der Waals surface area contributed by atoms with Crippen molar-refractivity contribution in [3.63, 3.8) is 0 Å². The summed E-state index contributed by atoms with van der Waals surface area (Å²) >= 11 is 15.6. The molecule has 0 amide bonds. The van der Waals surface area contributed by atoms with Crippen LogP contribution in [0.5, 0.6) is 11.5 Å². The van der Waals surface area contributed by atoms with E-state index in [4.69, 9.17) is 41.5 Å². The number of ether oxygens (including phenoxy) is 2. The third kappa shape index (κ3) is 4.17. The molecule has 0 saturated carbocycles. The van der Waals surface area contributed by atoms with Gasteiger partial charge in [0, 0.05) is 21.9 Å². The normalized spacial score (nSPS) is 27.3. The molecule has 10 heteroatoms. The van der Waals surface area contributed by atoms with Crippen molar-refractivity contribution in [1.29, 1.82) is 0 Å². The Labute approximate surface area is 252 Å². The Morgan fingerprint density at radius 2 is 1.15 bits per heavy atom. The highest BCUT2D eigenvalue weighted by molar-refractivity contribution is 8.02. The monoisotopic (exact) mass is 624 g/mol. The SMILES string of the molecule is O=c1c2c(oc3ccc(Cl)cc13)C1SC=CC1C(CCCC1Oc3c(oc4ccc(Cl)cc4c3=O)C3SC=CC13)O2. The summed E-state index contributed by atoms with van der Waals surface area (Å²) in [4.78, 5) is 26.8. The number of fused-ring (bicyclic) bond motifs is 8. The number of hydrogen-bond donors (Lipinski definition) is 0. The fourth-order valence-corrected chi connectivity index (χ4v) is 9.03. The van der Waals surface area contributed by atoms with Crippen LogP contribution < -0.4 is 20.3 Å². The zero-order chi connectivity index (χ0) is 27.8. The third-order valence-electron chi connectivity index (χ3n) is 8.31. The van der Waals surface area contributed by atoms with Crippen molar-refractivity contribution < 1.29 is 18.3 Å². The zero-order valence-corrected chi connectivity index (χ0v) is 24.5. The molecule has 4 aromatic rings. The first kappa shape index (κ1) is 25.9. The van der Waals surface area contributed by atoms with Gasteiger partial charge in [0.2, 0.25) is 22.4 Å². The molecule has 4 aliphatic heterocycles. The van der Waals surface area contributed by atoms with Crippen molar-refractivity contribution in [2.75, 3.05) is 0 Å². The van der Waals surface area contributed by atoms with Crippen LogP contribution in [-0.4, -0.2) is 12.2 Å². The second-order valence-electron chi connectivity index (χ2n) is 10.7. The van der Waals surface area contributed by atoms with Crippen LogP contribution in [0.2, 0.25) is 10.0 Å². The Morgan fingerprint density at radius 3 is 1.61 bits per heavy atom. The lowest BCUT2D eigenvalue weighted by Gasteiger charge is -2.35. The van der Waals surface area contributed by atoms with Gasteiger partial charge >= 0.3 is 0 Å². The first-order chi connectivity index (χ1) is 20.0. The molecule has 6 unspecified atom stereocenters. The zero-order valence-electron chi connectivity index (χ0n) is 21.4. The molecule has 4 aliphatic rings. The maximum atomic E-state index is 13.4. The van der Waals surface area contributed by atoms with E-state index < -0.39 is 0 Å². The number of halogens is 2. The van der Waals surface area contributed by atoms with Crippen molar-refractivity contribution in [1.82, 2.24) is 0 Å². The molecule has 41 heavy (non-hydrogen) atoms. The van der Waals surface area contributed by atoms with Gasteiger partial charge in [-0.2, -0.15) is 0 Å². The Morgan fingerprint density at radius 1 is 0.683 bits per heavy atom. The van der Waals surface area contributed by atoms with Crippen molar-refractivity contribution >= 4 is 68.7 Å². The van der Waals surface area contributed by atoms with Gasteiger partial charge in [-0.1, -0.05) is 35.4 Å². The minimum absolute atomic E-state index is 0.0161. The van der Waals surface area contributed by atoms with Gasteiger partial charge in [0.15, 0.2) is 11.5 Å². The Bertz CT molecular complexity index is 1780. The average molecular weight is 626 g/mol. The van der Waals surface area contributed by atoms with Crippen LogP contribution in [0, 0.1) is 11.8 Å². The van der Waals surface area contributed by atoms with E-state index in [1.165, 1.54) is 0 Å². The number of thioether (sulfide) groups is 2. The second-order valence-corrected chi connectivity index (χ2v) is 13.7. The van der Waals surface area contributed by atoms with Crippen molar-refractivity contribution in [2.45, 2.75) is 42.0 Å². The van der Waals surface area contributed by atoms with E-state index in [1.807, 2.05) is 0 Å². The van der Waals surface area contributed by atoms with Gasteiger partial charge in [-0.25, -0.2) is 0 Å². The van der Waals surface area contributed by atoms with Crippen LogP contribution in [0.3, 0.4) is 0 Å². The molecule has 6 atom stereocenters. The lowest BCUT2D eigenvalue weighted by atomic mass is 9.87. The third-order valence-corrected chi connectivity index (χ3v) is 11.1. The molecule has 6 heterocycles. The van der Waals surface area contributed by atoms with E-state index in [2.05, 4.69) is 23.0 Å². The maximum absolute atomic E-state index is 13.4. The van der Waals surface area contributed by atoms with E-state index >= 15 is 0 Å². The molecule has 0 fully saturated rings. The predicted octanol–water partition coefficient (Wildman–Crippen LogP) is 8.43. The summed E-state index contributed by atoms with van der Waals surface area (Å²) < 4.78 is 25.2. The standard InChI is InChI=1S/C31H22Cl2O6S2/c32-14-4-6-22-18(12-14)24(34)26-28(38-22)30-16(8-10-40-30)20(36-26)2-1-3-21-17-9-11-41-31(17)29-27(37-21)25(35)19-13-15(33)5-7-23(19)39-29/h4-13,16-17,20-21,30-31H,1-3H2. The fraction of sp³-hybridized carbons (Fsp3) is 0.290. The Kier molecular flexibility index (Phi) is 6.25. The van der Waals surface area contributed by atoms with Gasteiger partial charge in [-0.05, 0) is 66.5 Å². The molecule has 2 aromatic carbocycles. The van der Waals surface area contributed by atoms with Crippen LogP contribution in [0.1, 0.15) is 41.3 Å². The highest BCUT2D eigenvalue weighted by Gasteiger charge is 2.45. The molecule has 6 nitrogen and oxygen atoms in total. The molecule has 0 radical (unpaired) electrons. The molecule has 0 spiro atoms. The van der Waals surface area contributed by atoms with Gasteiger partial charge in [-0.3, -0.25) is 9.59 Å². The maximum Gasteiger partial charge on any atom is 0.234 e. The molecule has 0 N–H and O–H groups in total. The molecule has 0 saturated heterocycles. The van der Waals surface area contributed by atoms with Crippen LogP contribution in [-0.2, 0) is 0 Å². The second kappa shape index (κ2) is 9.90. The highest BCUT2D eigenvalue weighted by Crippen LogP contribution is 2.54. The van der Waals surface area contributed by atoms with Gasteiger partial charge < -0.3 is 18.3 Å². The highest BCUT2D eigenvalue weighted by atomic mass is 35.5. The van der Waals surface area contributed by atoms with Crippen LogP contribution in [0.4, 0.5) is 0 Å². The van der Waals surface area contributed by atoms with Gasteiger partial charge in [-0.15, -0.1) is 23.5 Å². The van der Waals surface area contributed by atoms with E-state index in [-0.39, 0.29) is 56.9 Å². The van der Waals surface area contributed by atoms with Crippen molar-refractivity contribution in [3.05, 3.63) is 101 Å². The topological polar surface area (TPSA) is 78.9 Å². The van der Waals surface area contributed by atoms with Gasteiger partial charge in [0.1, 0.15) is 23.4 Å². The summed E-state index contributed by atoms with van der Waals surface area (Å²) in [6, 6.07) is 10.2. The van der Waals surface area contributed by atoms with Gasteiger partial charge in [0.05, 0.1) is 21.3 Å². The molecule has 0 aliphatic carbocycles. The minimum Gasteiger partial charge on any atom is -0.482 e. The van der Waals surface area contributed by atoms with Crippen molar-refractivity contribution in [3.8, 4) is 11.5 Å². The molecule has 208 valence electrons. The van der Waals surface area contributed by atoms with Crippen LogP contribution >= 0.6 is 46.7 Å². The molecule has 2 aromatic heterocycles. The average Bonchev–Trinajstić information content (AvgIpc) is 3.66. The smallest absolute Gasteiger partial charge is 0.234 e. The Hall–Kier alpha value is -2.78. The molecular formula is C31H22Cl2O6S2. The quantitative estimate of drug-likeness (QED) is 0.224. The lowest BCUT2D eigenvalue weighted by Crippen LogP contribution is -2.37. The summed E-state index contributed by atoms with van der Waals surface area (Å²) in [6.45, 7) is 0. The molecular weight excluding hydrogens is 603 g/mol. The molecule has 0 bridgehead atoms. The first-order valence-electron chi connectivity index (χ1n) is 13.5. The van der Waals surface area contributed by atoms with E-state index in [9.17, 15) is 9.59 Å². The van der Waals surface area contributed by atoms with E-state index in [0.29, 0.717) is 43.5 Å². The summed E-state index contributed by atoms with van der Waals surface area (Å²) in [6.07, 6.45) is 6.16. The van der Waals surface area contributed by atoms with E-state index in [1.54, 1.807) is 59.9 Å². The predicted molar refractivity (Wildman–Crippen MR) is 164 cm³/mol. The van der Waals surface area contributed by atoms with Crippen LogP contribution in [0.25, 0.3) is 21.9 Å². The minimum atomic E-state index is -0.193. The first-order valence-corrected chi connectivity index (χ1v) is 16.1. The summed E-state index contributed by atoms with van der Waals surface area (Å²) in [5.41, 5.74) is 0.638. The molecule has 8 rings (SSSR count). The van der Waals surface area contributed by atoms with Crippen LogP contribution in [0.15, 0.2) is 77.8 Å². The largest absolute Gasteiger partial charge is 0.482 e. The van der Waals surface area contributed by atoms with Crippen molar-refractivity contribution in [2.24, 2.45) is 11.8 Å². The summed E-state index contributed by atoms with van der Waals surface area (Å²) in [5, 5.41) is 5.89. The van der Waals surface area contributed by atoms with E-state index in [0.717, 1.165) is 19.3 Å². The summed E-state index contributed by atoms with van der Waals surface area (Å²) in [7, 11) is 0. The Balaban J connectivity index is 1.05. The lowest BCUT2D eigenvalue weighted by molar-refractivity contribution is 0.0880. The fourth-order valence-electron chi connectivity index (χ4n) is 6.35. The van der Waals surface area contributed by atoms with Gasteiger partial charge in [0.25, 0.3) is 0 Å². The summed E-state index contributed by atoms with van der Waals surface area (Å²) in [5.74, 6) is 1.91. The number of benzene rings is 2. The number of rotatable bonds is 4.